The zero-order chi connectivity index (χ0) is 29.8. The first-order chi connectivity index (χ1) is 20.8. The second kappa shape index (κ2) is 11.9. The predicted octanol–water partition coefficient (Wildman–Crippen LogP) is 9.00. The fraction of sp³-hybridized carbons (Fsp3) is 0.385. The fourth-order valence-corrected chi connectivity index (χ4v) is 7.53. The van der Waals surface area contributed by atoms with E-state index in [0.29, 0.717) is 6.04 Å². The van der Waals surface area contributed by atoms with Crippen LogP contribution < -0.4 is 9.47 Å². The largest absolute Gasteiger partial charge is 3.00 e. The molecule has 4 nitrogen and oxygen atoms in total. The molecule has 1 aliphatic heterocycles. The molecule has 0 radical (unpaired) electrons. The molecule has 1 saturated carbocycles. The summed E-state index contributed by atoms with van der Waals surface area (Å²) in [4.78, 5) is 6.66. The van der Waals surface area contributed by atoms with Gasteiger partial charge in [0.05, 0.1) is 17.1 Å². The second-order valence-corrected chi connectivity index (χ2v) is 13.8. The van der Waals surface area contributed by atoms with Gasteiger partial charge in [-0.3, -0.25) is 0 Å². The number of para-hydroxylation sites is 1. The van der Waals surface area contributed by atoms with Crippen molar-refractivity contribution >= 4 is 22.4 Å². The summed E-state index contributed by atoms with van der Waals surface area (Å²) >= 11 is 0. The van der Waals surface area contributed by atoms with E-state index in [2.05, 4.69) is 96.5 Å². The van der Waals surface area contributed by atoms with Crippen molar-refractivity contribution in [2.45, 2.75) is 89.5 Å². The van der Waals surface area contributed by atoms with Crippen molar-refractivity contribution in [1.29, 1.82) is 0 Å². The molecule has 2 aromatic heterocycles. The molecule has 44 heavy (non-hydrogen) atoms. The van der Waals surface area contributed by atoms with Gasteiger partial charge in [0.25, 0.3) is 0 Å². The molecule has 5 heteroatoms. The van der Waals surface area contributed by atoms with Crippen molar-refractivity contribution in [1.82, 2.24) is 9.55 Å². The summed E-state index contributed by atoms with van der Waals surface area (Å²) in [5, 5.41) is 0. The van der Waals surface area contributed by atoms with Gasteiger partial charge in [0, 0.05) is 11.9 Å². The van der Waals surface area contributed by atoms with E-state index in [0.717, 1.165) is 11.3 Å². The molecule has 0 atom stereocenters. The van der Waals surface area contributed by atoms with Crippen LogP contribution in [0.15, 0.2) is 72.9 Å². The standard InChI is InChI=1S/C28H34N3.C11H8N.Ir/c1-27(2)16-17-28(3,4)24-20(27)14-15-23-26(24)29(5)21-12-9-13-22-25(21)31(23)18-30(22)19-10-7-6-8-11-19;1-2-6-10(7-3-1)11-8-4-5-9-12-11;/h9,12-14,19H,6-8,10-11,16-17H2,1-5H3;1-6,8-9H;/q2*-1;+3. The molecule has 8 rings (SSSR count). The first kappa shape index (κ1) is 30.7. The van der Waals surface area contributed by atoms with Crippen molar-refractivity contribution in [2.75, 3.05) is 11.9 Å². The third-order valence-corrected chi connectivity index (χ3v) is 10.1. The Morgan fingerprint density at radius 2 is 1.64 bits per heavy atom. The first-order valence-electron chi connectivity index (χ1n) is 16.0. The molecule has 0 amide bonds. The number of anilines is 2. The summed E-state index contributed by atoms with van der Waals surface area (Å²) < 4.78 is 4.77. The number of rotatable bonds is 2. The monoisotopic (exact) mass is 759 g/mol. The van der Waals surface area contributed by atoms with Crippen molar-refractivity contribution in [3.63, 3.8) is 0 Å². The molecule has 0 N–H and O–H groups in total. The van der Waals surface area contributed by atoms with Gasteiger partial charge in [-0.25, -0.2) is 0 Å². The number of fused-ring (bicyclic) bond motifs is 4. The minimum Gasteiger partial charge on any atom is -0.407 e. The van der Waals surface area contributed by atoms with Gasteiger partial charge in [0.2, 0.25) is 6.33 Å². The Morgan fingerprint density at radius 3 is 2.36 bits per heavy atom. The molecule has 2 aliphatic carbocycles. The van der Waals surface area contributed by atoms with Gasteiger partial charge < -0.3 is 19.0 Å². The van der Waals surface area contributed by atoms with Crippen molar-refractivity contribution in [2.24, 2.45) is 0 Å². The third-order valence-electron chi connectivity index (χ3n) is 10.1. The minimum atomic E-state index is 0. The Labute approximate surface area is 276 Å². The molecule has 0 unspecified atom stereocenters. The normalized spacial score (nSPS) is 18.0. The maximum absolute atomic E-state index is 4.22. The molecule has 226 valence electrons. The second-order valence-electron chi connectivity index (χ2n) is 13.8. The van der Waals surface area contributed by atoms with E-state index in [-0.39, 0.29) is 30.9 Å². The maximum Gasteiger partial charge on any atom is 3.00 e. The molecule has 3 aliphatic rings. The van der Waals surface area contributed by atoms with E-state index in [4.69, 9.17) is 0 Å². The summed E-state index contributed by atoms with van der Waals surface area (Å²) in [5.41, 5.74) is 11.7. The van der Waals surface area contributed by atoms with Crippen LogP contribution in [0.2, 0.25) is 0 Å². The summed E-state index contributed by atoms with van der Waals surface area (Å²) in [6, 6.07) is 30.2. The van der Waals surface area contributed by atoms with Gasteiger partial charge in [-0.2, -0.15) is 12.1 Å². The number of nitrogens with zero attached hydrogens (tertiary/aromatic N) is 4. The van der Waals surface area contributed by atoms with E-state index in [1.54, 1.807) is 6.20 Å². The number of aromatic nitrogens is 3. The molecule has 1 fully saturated rings. The van der Waals surface area contributed by atoms with Gasteiger partial charge in [-0.15, -0.1) is 47.0 Å². The molecule has 0 bridgehead atoms. The maximum atomic E-state index is 4.22. The number of hydrogen-bond acceptors (Lipinski definition) is 2. The van der Waals surface area contributed by atoms with Crippen LogP contribution in [0.5, 0.6) is 0 Å². The Balaban J connectivity index is 0.000000222. The molecule has 3 heterocycles. The first-order valence-corrected chi connectivity index (χ1v) is 16.0. The molecular weight excluding hydrogens is 717 g/mol. The van der Waals surface area contributed by atoms with Gasteiger partial charge >= 0.3 is 20.1 Å². The Bertz CT molecular complexity index is 1730. The van der Waals surface area contributed by atoms with Crippen LogP contribution in [0.25, 0.3) is 28.0 Å². The average Bonchev–Trinajstić information content (AvgIpc) is 3.44. The molecule has 5 aromatic rings. The van der Waals surface area contributed by atoms with E-state index >= 15 is 0 Å². The van der Waals surface area contributed by atoms with Crippen LogP contribution in [0.3, 0.4) is 0 Å². The van der Waals surface area contributed by atoms with Crippen molar-refractivity contribution in [3.8, 4) is 16.9 Å². The van der Waals surface area contributed by atoms with E-state index < -0.39 is 0 Å². The molecular formula is C39H42IrN4+. The van der Waals surface area contributed by atoms with Gasteiger partial charge in [0.1, 0.15) is 0 Å². The fourth-order valence-electron chi connectivity index (χ4n) is 7.53. The smallest absolute Gasteiger partial charge is 0.407 e. The van der Waals surface area contributed by atoms with Gasteiger partial charge in [0.15, 0.2) is 0 Å². The quantitative estimate of drug-likeness (QED) is 0.133. The zero-order valence-electron chi connectivity index (χ0n) is 26.6. The minimum absolute atomic E-state index is 0. The average molecular weight is 759 g/mol. The van der Waals surface area contributed by atoms with Crippen LogP contribution in [0, 0.1) is 18.5 Å². The van der Waals surface area contributed by atoms with E-state index in [1.165, 1.54) is 84.2 Å². The van der Waals surface area contributed by atoms with Gasteiger partial charge in [-0.1, -0.05) is 75.9 Å². The van der Waals surface area contributed by atoms with Crippen LogP contribution in [-0.2, 0) is 30.9 Å². The third kappa shape index (κ3) is 5.22. The summed E-state index contributed by atoms with van der Waals surface area (Å²) in [6.45, 7) is 9.64. The Hall–Kier alpha value is -3.27. The van der Waals surface area contributed by atoms with Crippen LogP contribution in [0.1, 0.15) is 89.8 Å². The Morgan fingerprint density at radius 1 is 0.864 bits per heavy atom. The van der Waals surface area contributed by atoms with Crippen molar-refractivity contribution in [3.05, 3.63) is 103 Å². The number of hydrogen-bond donors (Lipinski definition) is 0. The molecule has 0 spiro atoms. The topological polar surface area (TPSA) is 24.9 Å². The van der Waals surface area contributed by atoms with E-state index in [1.807, 2.05) is 42.5 Å². The Kier molecular flexibility index (Phi) is 8.32. The van der Waals surface area contributed by atoms with Gasteiger partial charge in [-0.05, 0) is 68.1 Å². The number of benzene rings is 3. The SMILES string of the molecule is CN1c2c([c-]cc3c2C(C)(C)CCC3(C)C)-[n+]2[c-]n(C3CCCCC3)c3cccc1c32.[Ir+3].[c-]1ccccc1-c1ccccn1. The predicted molar refractivity (Wildman–Crippen MR) is 175 cm³/mol. The zero-order valence-corrected chi connectivity index (χ0v) is 29.0. The van der Waals surface area contributed by atoms with Crippen molar-refractivity contribution < 1.29 is 24.7 Å². The van der Waals surface area contributed by atoms with Crippen LogP contribution in [-0.4, -0.2) is 16.6 Å². The summed E-state index contributed by atoms with van der Waals surface area (Å²) in [6.07, 6.45) is 14.6. The molecule has 3 aromatic carbocycles. The van der Waals surface area contributed by atoms with Crippen LogP contribution >= 0.6 is 0 Å². The number of imidazole rings is 1. The van der Waals surface area contributed by atoms with Crippen LogP contribution in [0.4, 0.5) is 11.4 Å². The van der Waals surface area contributed by atoms with E-state index in [9.17, 15) is 0 Å². The molecule has 0 saturated heterocycles. The summed E-state index contributed by atoms with van der Waals surface area (Å²) in [5.74, 6) is 0. The summed E-state index contributed by atoms with van der Waals surface area (Å²) in [7, 11) is 2.25. The number of pyridine rings is 1.